The van der Waals surface area contributed by atoms with E-state index in [2.05, 4.69) is 17.1 Å². The summed E-state index contributed by atoms with van der Waals surface area (Å²) >= 11 is 4.90. The molecule has 5 heteroatoms. The highest BCUT2D eigenvalue weighted by molar-refractivity contribution is 7.80. The van der Waals surface area contributed by atoms with Crippen molar-refractivity contribution < 1.29 is 4.79 Å². The molecule has 3 N–H and O–H groups in total. The zero-order valence-corrected chi connectivity index (χ0v) is 13.3. The Morgan fingerprint density at radius 2 is 2.05 bits per heavy atom. The van der Waals surface area contributed by atoms with Gasteiger partial charge in [-0.1, -0.05) is 19.1 Å². The molecule has 0 aromatic heterocycles. The van der Waals surface area contributed by atoms with E-state index in [0.717, 1.165) is 36.8 Å². The number of thiocarbonyl (C=S) groups is 1. The van der Waals surface area contributed by atoms with Gasteiger partial charge < -0.3 is 16.0 Å². The molecule has 1 aromatic carbocycles. The fourth-order valence-corrected chi connectivity index (χ4v) is 2.38. The number of hydrogen-bond acceptors (Lipinski definition) is 3. The molecule has 0 heterocycles. The highest BCUT2D eigenvalue weighted by Gasteiger charge is 2.23. The molecule has 0 radical (unpaired) electrons. The van der Waals surface area contributed by atoms with Crippen molar-refractivity contribution in [1.29, 1.82) is 0 Å². The molecule has 1 amide bonds. The summed E-state index contributed by atoms with van der Waals surface area (Å²) in [6, 6.07) is 7.30. The summed E-state index contributed by atoms with van der Waals surface area (Å²) < 4.78 is 0. The number of nitrogens with one attached hydrogen (secondary N) is 1. The number of carbonyl (C=O) groups excluding carboxylic acids is 1. The molecular weight excluding hydrogens is 282 g/mol. The molecule has 0 aliphatic heterocycles. The van der Waals surface area contributed by atoms with Gasteiger partial charge in [-0.05, 0) is 49.6 Å². The van der Waals surface area contributed by atoms with Gasteiger partial charge in [0.05, 0.1) is 0 Å². The molecule has 1 aliphatic carbocycles. The van der Waals surface area contributed by atoms with Crippen LogP contribution in [0.25, 0.3) is 0 Å². The summed E-state index contributed by atoms with van der Waals surface area (Å²) in [5.74, 6) is 0.910. The third-order valence-corrected chi connectivity index (χ3v) is 4.00. The minimum atomic E-state index is 0.0484. The topological polar surface area (TPSA) is 58.4 Å². The number of carbonyl (C=O) groups is 1. The summed E-state index contributed by atoms with van der Waals surface area (Å²) in [5.41, 5.74) is 7.14. The van der Waals surface area contributed by atoms with Crippen molar-refractivity contribution in [3.8, 4) is 0 Å². The summed E-state index contributed by atoms with van der Waals surface area (Å²) in [6.07, 6.45) is 3.22. The predicted molar refractivity (Wildman–Crippen MR) is 90.4 cm³/mol. The van der Waals surface area contributed by atoms with E-state index in [0.29, 0.717) is 11.4 Å². The Kier molecular flexibility index (Phi) is 5.70. The van der Waals surface area contributed by atoms with Gasteiger partial charge >= 0.3 is 0 Å². The van der Waals surface area contributed by atoms with Crippen LogP contribution in [0.1, 0.15) is 31.7 Å². The normalized spacial score (nSPS) is 14.2. The molecule has 2 rings (SSSR count). The summed E-state index contributed by atoms with van der Waals surface area (Å²) in [4.78, 5) is 14.7. The van der Waals surface area contributed by atoms with Gasteiger partial charge in [0.1, 0.15) is 4.99 Å². The van der Waals surface area contributed by atoms with Crippen LogP contribution in [0.2, 0.25) is 0 Å². The molecule has 114 valence electrons. The Balaban J connectivity index is 1.76. The van der Waals surface area contributed by atoms with Crippen molar-refractivity contribution in [2.24, 2.45) is 11.7 Å². The molecule has 1 fully saturated rings. The number of hydrogen-bond donors (Lipinski definition) is 2. The second-order valence-corrected chi connectivity index (χ2v) is 6.02. The lowest BCUT2D eigenvalue weighted by Gasteiger charge is -2.19. The largest absolute Gasteiger partial charge is 0.389 e. The Bertz CT molecular complexity index is 497. The van der Waals surface area contributed by atoms with Gasteiger partial charge in [-0.3, -0.25) is 4.79 Å². The average molecular weight is 305 g/mol. The lowest BCUT2D eigenvalue weighted by Crippen LogP contribution is -2.29. The molecule has 21 heavy (non-hydrogen) atoms. The lowest BCUT2D eigenvalue weighted by molar-refractivity contribution is -0.116. The van der Waals surface area contributed by atoms with E-state index in [4.69, 9.17) is 18.0 Å². The molecule has 0 bridgehead atoms. The molecule has 0 saturated heterocycles. The first-order chi connectivity index (χ1) is 10.1. The quantitative estimate of drug-likeness (QED) is 0.724. The maximum Gasteiger partial charge on any atom is 0.225 e. The van der Waals surface area contributed by atoms with E-state index >= 15 is 0 Å². The number of anilines is 1. The van der Waals surface area contributed by atoms with Crippen molar-refractivity contribution >= 4 is 28.8 Å². The van der Waals surface area contributed by atoms with Crippen LogP contribution in [0.4, 0.5) is 5.69 Å². The number of nitrogens with two attached hydrogens (primary N) is 1. The maximum absolute atomic E-state index is 12.0. The first-order valence-electron chi connectivity index (χ1n) is 7.50. The molecule has 1 aromatic rings. The second-order valence-electron chi connectivity index (χ2n) is 5.58. The zero-order chi connectivity index (χ0) is 15.2. The van der Waals surface area contributed by atoms with Gasteiger partial charge in [0.2, 0.25) is 5.91 Å². The Morgan fingerprint density at radius 1 is 1.38 bits per heavy atom. The number of rotatable bonds is 8. The highest BCUT2D eigenvalue weighted by Crippen LogP contribution is 2.29. The molecule has 4 nitrogen and oxygen atoms in total. The van der Waals surface area contributed by atoms with E-state index in [1.807, 2.05) is 24.3 Å². The number of amides is 1. The standard InChI is InChI=1S/C16H23N3OS/c1-2-19(11-12-3-4-12)10-9-15(20)18-14-7-5-13(6-8-14)16(17)21/h5-8,12H,2-4,9-11H2,1H3,(H2,17,21)(H,18,20). The molecule has 1 aliphatic rings. The second kappa shape index (κ2) is 7.52. The average Bonchev–Trinajstić information content (AvgIpc) is 3.28. The molecular formula is C16H23N3OS. The van der Waals surface area contributed by atoms with Crippen LogP contribution in [0.3, 0.4) is 0 Å². The Hall–Kier alpha value is -1.46. The summed E-state index contributed by atoms with van der Waals surface area (Å²) in [5, 5.41) is 2.91. The van der Waals surface area contributed by atoms with Crippen LogP contribution in [-0.2, 0) is 4.79 Å². The Morgan fingerprint density at radius 3 is 2.57 bits per heavy atom. The monoisotopic (exact) mass is 305 g/mol. The van der Waals surface area contributed by atoms with Gasteiger partial charge in [-0.15, -0.1) is 0 Å². The zero-order valence-electron chi connectivity index (χ0n) is 12.5. The van der Waals surface area contributed by atoms with Gasteiger partial charge in [0.25, 0.3) is 0 Å². The fourth-order valence-electron chi connectivity index (χ4n) is 2.25. The minimum absolute atomic E-state index is 0.0484. The summed E-state index contributed by atoms with van der Waals surface area (Å²) in [7, 11) is 0. The smallest absolute Gasteiger partial charge is 0.225 e. The highest BCUT2D eigenvalue weighted by atomic mass is 32.1. The van der Waals surface area contributed by atoms with E-state index in [1.54, 1.807) is 0 Å². The van der Waals surface area contributed by atoms with Crippen molar-refractivity contribution in [2.45, 2.75) is 26.2 Å². The van der Waals surface area contributed by atoms with Crippen LogP contribution in [-0.4, -0.2) is 35.4 Å². The molecule has 0 atom stereocenters. The molecule has 0 unspecified atom stereocenters. The minimum Gasteiger partial charge on any atom is -0.389 e. The van der Waals surface area contributed by atoms with Gasteiger partial charge in [-0.25, -0.2) is 0 Å². The van der Waals surface area contributed by atoms with Gasteiger partial charge in [0, 0.05) is 30.8 Å². The molecule has 1 saturated carbocycles. The van der Waals surface area contributed by atoms with Crippen LogP contribution in [0, 0.1) is 5.92 Å². The maximum atomic E-state index is 12.0. The fraction of sp³-hybridized carbons (Fsp3) is 0.500. The third-order valence-electron chi connectivity index (χ3n) is 3.77. The van der Waals surface area contributed by atoms with Crippen LogP contribution >= 0.6 is 12.2 Å². The van der Waals surface area contributed by atoms with Gasteiger partial charge in [0.15, 0.2) is 0 Å². The van der Waals surface area contributed by atoms with Crippen LogP contribution in [0.15, 0.2) is 24.3 Å². The SMILES string of the molecule is CCN(CCC(=O)Nc1ccc(C(N)=S)cc1)CC1CC1. The third kappa shape index (κ3) is 5.44. The van der Waals surface area contributed by atoms with Crippen molar-refractivity contribution in [3.05, 3.63) is 29.8 Å². The lowest BCUT2D eigenvalue weighted by atomic mass is 10.2. The van der Waals surface area contributed by atoms with E-state index in [9.17, 15) is 4.79 Å². The summed E-state index contributed by atoms with van der Waals surface area (Å²) in [6.45, 7) is 5.11. The predicted octanol–water partition coefficient (Wildman–Crippen LogP) is 2.38. The molecule has 0 spiro atoms. The van der Waals surface area contributed by atoms with Crippen molar-refractivity contribution in [3.63, 3.8) is 0 Å². The van der Waals surface area contributed by atoms with E-state index in [1.165, 1.54) is 12.8 Å². The first kappa shape index (κ1) is 15.9. The number of nitrogens with zero attached hydrogens (tertiary/aromatic N) is 1. The van der Waals surface area contributed by atoms with Crippen molar-refractivity contribution in [1.82, 2.24) is 4.90 Å². The Labute approximate surface area is 131 Å². The number of benzene rings is 1. The van der Waals surface area contributed by atoms with Crippen LogP contribution in [0.5, 0.6) is 0 Å². The van der Waals surface area contributed by atoms with E-state index < -0.39 is 0 Å². The first-order valence-corrected chi connectivity index (χ1v) is 7.91. The van der Waals surface area contributed by atoms with Gasteiger partial charge in [-0.2, -0.15) is 0 Å². The van der Waals surface area contributed by atoms with E-state index in [-0.39, 0.29) is 5.91 Å². The van der Waals surface area contributed by atoms with Crippen LogP contribution < -0.4 is 11.1 Å². The van der Waals surface area contributed by atoms with Crippen molar-refractivity contribution in [2.75, 3.05) is 25.0 Å².